The van der Waals surface area contributed by atoms with Gasteiger partial charge in [0.2, 0.25) is 0 Å². The van der Waals surface area contributed by atoms with Gasteiger partial charge in [-0.05, 0) is 51.9 Å². The summed E-state index contributed by atoms with van der Waals surface area (Å²) in [6, 6.07) is 35.2. The Morgan fingerprint density at radius 2 is 1.43 bits per heavy atom. The molecular weight excluding hydrogens is 444 g/mol. The Balaban J connectivity index is 1.43. The van der Waals surface area contributed by atoms with Crippen LogP contribution in [0.4, 0.5) is 0 Å². The van der Waals surface area contributed by atoms with Crippen molar-refractivity contribution < 1.29 is 0 Å². The standard InChI is InChI=1S/C32H22N2S/c1-31-19-32(26-13-7-6-12-24(26)31,27-17-21(15-16-25(27)31)20-9-3-2-4-10-20)30-33-18-23-22-11-5-8-14-28(22)35-29(23)34-30/h2-18H,19H2,1H3. The van der Waals surface area contributed by atoms with Gasteiger partial charge in [0.15, 0.2) is 0 Å². The van der Waals surface area contributed by atoms with Crippen molar-refractivity contribution >= 4 is 31.6 Å². The van der Waals surface area contributed by atoms with Gasteiger partial charge in [0.1, 0.15) is 10.7 Å². The molecule has 0 spiro atoms. The van der Waals surface area contributed by atoms with Gasteiger partial charge in [-0.3, -0.25) is 0 Å². The van der Waals surface area contributed by atoms with Gasteiger partial charge in [-0.15, -0.1) is 11.3 Å². The summed E-state index contributed by atoms with van der Waals surface area (Å²) in [7, 11) is 0. The summed E-state index contributed by atoms with van der Waals surface area (Å²) >= 11 is 1.77. The monoisotopic (exact) mass is 466 g/mol. The molecule has 8 rings (SSSR count). The van der Waals surface area contributed by atoms with Crippen LogP contribution in [-0.4, -0.2) is 9.97 Å². The molecule has 0 N–H and O–H groups in total. The molecule has 0 amide bonds. The SMILES string of the molecule is CC12CC(c3ncc4c(n3)sc3ccccc34)(c3ccccc31)c1cc(-c3ccccc3)ccc12. The number of hydrogen-bond donors (Lipinski definition) is 0. The molecule has 2 aliphatic rings. The van der Waals surface area contributed by atoms with E-state index in [9.17, 15) is 0 Å². The molecule has 2 heterocycles. The van der Waals surface area contributed by atoms with Crippen molar-refractivity contribution in [3.63, 3.8) is 0 Å². The molecule has 2 bridgehead atoms. The fourth-order valence-electron chi connectivity index (χ4n) is 6.76. The molecule has 4 aromatic carbocycles. The van der Waals surface area contributed by atoms with Gasteiger partial charge >= 0.3 is 0 Å². The molecule has 0 radical (unpaired) electrons. The van der Waals surface area contributed by atoms with Crippen LogP contribution in [0.3, 0.4) is 0 Å². The van der Waals surface area contributed by atoms with Gasteiger partial charge in [-0.1, -0.05) is 91.9 Å². The summed E-state index contributed by atoms with van der Waals surface area (Å²) in [6.45, 7) is 2.40. The highest BCUT2D eigenvalue weighted by Gasteiger charge is 2.61. The summed E-state index contributed by atoms with van der Waals surface area (Å²) in [4.78, 5) is 11.5. The molecule has 2 aliphatic carbocycles. The van der Waals surface area contributed by atoms with Crippen molar-refractivity contribution in [2.45, 2.75) is 24.2 Å². The highest BCUT2D eigenvalue weighted by molar-refractivity contribution is 7.25. The summed E-state index contributed by atoms with van der Waals surface area (Å²) in [6.07, 6.45) is 3.03. The molecule has 35 heavy (non-hydrogen) atoms. The smallest absolute Gasteiger partial charge is 0.144 e. The van der Waals surface area contributed by atoms with Crippen molar-refractivity contribution in [1.82, 2.24) is 9.97 Å². The van der Waals surface area contributed by atoms with E-state index in [1.54, 1.807) is 11.3 Å². The van der Waals surface area contributed by atoms with E-state index >= 15 is 0 Å². The molecule has 0 saturated carbocycles. The second-order valence-corrected chi connectivity index (χ2v) is 11.1. The highest BCUT2D eigenvalue weighted by Crippen LogP contribution is 2.65. The first-order chi connectivity index (χ1) is 17.2. The minimum absolute atomic E-state index is 0.0420. The molecule has 2 nitrogen and oxygen atoms in total. The van der Waals surface area contributed by atoms with Crippen molar-refractivity contribution in [3.05, 3.63) is 131 Å². The lowest BCUT2D eigenvalue weighted by atomic mass is 9.72. The number of fused-ring (bicyclic) bond motifs is 11. The Hall–Kier alpha value is -3.82. The molecule has 0 fully saturated rings. The quantitative estimate of drug-likeness (QED) is 0.259. The predicted molar refractivity (Wildman–Crippen MR) is 144 cm³/mol. The first-order valence-electron chi connectivity index (χ1n) is 12.1. The minimum Gasteiger partial charge on any atom is -0.239 e. The van der Waals surface area contributed by atoms with E-state index in [1.807, 2.05) is 0 Å². The lowest BCUT2D eigenvalue weighted by Crippen LogP contribution is -2.28. The largest absolute Gasteiger partial charge is 0.239 e. The van der Waals surface area contributed by atoms with Gasteiger partial charge in [0, 0.05) is 27.1 Å². The van der Waals surface area contributed by atoms with Crippen LogP contribution in [-0.2, 0) is 10.8 Å². The van der Waals surface area contributed by atoms with Crippen LogP contribution in [0, 0.1) is 0 Å². The zero-order chi connectivity index (χ0) is 23.2. The summed E-state index contributed by atoms with van der Waals surface area (Å²) in [5, 5.41) is 2.39. The van der Waals surface area contributed by atoms with Crippen LogP contribution < -0.4 is 0 Å². The maximum atomic E-state index is 5.30. The maximum Gasteiger partial charge on any atom is 0.144 e. The van der Waals surface area contributed by atoms with Crippen LogP contribution in [0.2, 0.25) is 0 Å². The first-order valence-corrected chi connectivity index (χ1v) is 13.0. The second kappa shape index (κ2) is 6.65. The third-order valence-electron chi connectivity index (χ3n) is 8.30. The molecule has 2 aromatic heterocycles. The van der Waals surface area contributed by atoms with Crippen molar-refractivity contribution in [3.8, 4) is 11.1 Å². The number of benzene rings is 4. The van der Waals surface area contributed by atoms with Gasteiger partial charge in [0.05, 0.1) is 5.41 Å². The molecule has 3 heteroatoms. The van der Waals surface area contributed by atoms with E-state index in [0.717, 1.165) is 22.5 Å². The van der Waals surface area contributed by atoms with Crippen molar-refractivity contribution in [1.29, 1.82) is 0 Å². The fourth-order valence-corrected chi connectivity index (χ4v) is 7.81. The molecule has 0 saturated heterocycles. The van der Waals surface area contributed by atoms with E-state index < -0.39 is 0 Å². The van der Waals surface area contributed by atoms with E-state index in [4.69, 9.17) is 9.97 Å². The molecule has 2 atom stereocenters. The summed E-state index contributed by atoms with van der Waals surface area (Å²) in [5.41, 5.74) is 7.67. The number of thiophene rings is 1. The average molecular weight is 467 g/mol. The zero-order valence-corrected chi connectivity index (χ0v) is 20.1. The topological polar surface area (TPSA) is 25.8 Å². The molecule has 6 aromatic rings. The lowest BCUT2D eigenvalue weighted by Gasteiger charge is -2.32. The second-order valence-electron chi connectivity index (χ2n) is 10.1. The van der Waals surface area contributed by atoms with Crippen LogP contribution in [0.1, 0.15) is 41.4 Å². The van der Waals surface area contributed by atoms with Crippen LogP contribution in [0.5, 0.6) is 0 Å². The summed E-state index contributed by atoms with van der Waals surface area (Å²) < 4.78 is 1.27. The van der Waals surface area contributed by atoms with Gasteiger partial charge in [-0.25, -0.2) is 9.97 Å². The van der Waals surface area contributed by atoms with Crippen molar-refractivity contribution in [2.75, 3.05) is 0 Å². The lowest BCUT2D eigenvalue weighted by molar-refractivity contribution is 0.516. The van der Waals surface area contributed by atoms with E-state index in [-0.39, 0.29) is 10.8 Å². The predicted octanol–water partition coefficient (Wildman–Crippen LogP) is 7.87. The number of rotatable bonds is 2. The Labute approximate surface area is 207 Å². The van der Waals surface area contributed by atoms with Crippen LogP contribution in [0.25, 0.3) is 31.4 Å². The van der Waals surface area contributed by atoms with E-state index in [2.05, 4.69) is 110 Å². The molecule has 166 valence electrons. The Morgan fingerprint density at radius 3 is 2.31 bits per heavy atom. The molecule has 0 aliphatic heterocycles. The molecular formula is C32H22N2S. The first kappa shape index (κ1) is 19.5. The van der Waals surface area contributed by atoms with E-state index in [0.29, 0.717) is 0 Å². The minimum atomic E-state index is -0.337. The maximum absolute atomic E-state index is 5.30. The van der Waals surface area contributed by atoms with Gasteiger partial charge < -0.3 is 0 Å². The summed E-state index contributed by atoms with van der Waals surface area (Å²) in [5.74, 6) is 0.927. The van der Waals surface area contributed by atoms with Crippen molar-refractivity contribution in [2.24, 2.45) is 0 Å². The Morgan fingerprint density at radius 1 is 0.686 bits per heavy atom. The van der Waals surface area contributed by atoms with Gasteiger partial charge in [-0.2, -0.15) is 0 Å². The van der Waals surface area contributed by atoms with Crippen LogP contribution in [0.15, 0.2) is 103 Å². The number of nitrogens with zero attached hydrogens (tertiary/aromatic N) is 2. The Kier molecular flexibility index (Phi) is 3.70. The number of aromatic nitrogens is 2. The third kappa shape index (κ3) is 2.39. The number of hydrogen-bond acceptors (Lipinski definition) is 3. The third-order valence-corrected chi connectivity index (χ3v) is 9.38. The van der Waals surface area contributed by atoms with Gasteiger partial charge in [0.25, 0.3) is 0 Å². The fraction of sp³-hybridized carbons (Fsp3) is 0.125. The normalized spacial score (nSPS) is 22.0. The molecule has 2 unspecified atom stereocenters. The van der Waals surface area contributed by atoms with E-state index in [1.165, 1.54) is 43.5 Å². The van der Waals surface area contributed by atoms with Crippen LogP contribution >= 0.6 is 11.3 Å². The average Bonchev–Trinajstić information content (AvgIpc) is 3.52. The zero-order valence-electron chi connectivity index (χ0n) is 19.3. The Bertz CT molecular complexity index is 1800. The highest BCUT2D eigenvalue weighted by atomic mass is 32.1.